The second kappa shape index (κ2) is 7.86. The Bertz CT molecular complexity index is 473. The predicted molar refractivity (Wildman–Crippen MR) is 93.2 cm³/mol. The number of benzene rings is 1. The van der Waals surface area contributed by atoms with Gasteiger partial charge in [0.1, 0.15) is 0 Å². The molecule has 1 amide bonds. The summed E-state index contributed by atoms with van der Waals surface area (Å²) >= 11 is 5.19. The number of nitrogens with one attached hydrogen (secondary N) is 1. The molecule has 1 aromatic carbocycles. The van der Waals surface area contributed by atoms with E-state index in [9.17, 15) is 4.79 Å². The molecule has 2 aliphatic rings. The zero-order valence-electron chi connectivity index (χ0n) is 11.8. The van der Waals surface area contributed by atoms with E-state index in [0.29, 0.717) is 24.2 Å². The Morgan fingerprint density at radius 1 is 1.24 bits per heavy atom. The highest BCUT2D eigenvalue weighted by Gasteiger charge is 2.37. The van der Waals surface area contributed by atoms with Gasteiger partial charge in [-0.15, -0.1) is 24.2 Å². The molecule has 0 aliphatic carbocycles. The molecule has 3 nitrogen and oxygen atoms in total. The first kappa shape index (κ1) is 17.1. The van der Waals surface area contributed by atoms with Crippen molar-refractivity contribution in [2.45, 2.75) is 11.3 Å². The Kier molecular flexibility index (Phi) is 6.41. The molecule has 1 N–H and O–H groups in total. The number of carbonyl (C=O) groups excluding carboxylic acids is 1. The molecule has 0 radical (unpaired) electrons. The molecule has 2 aliphatic heterocycles. The Morgan fingerprint density at radius 2 is 1.86 bits per heavy atom. The van der Waals surface area contributed by atoms with Crippen LogP contribution in [0.5, 0.6) is 0 Å². The third-order valence-electron chi connectivity index (χ3n) is 4.14. The molecule has 2 fully saturated rings. The average molecular weight is 392 g/mol. The molecule has 1 aromatic rings. The van der Waals surface area contributed by atoms with Gasteiger partial charge in [-0.05, 0) is 36.1 Å². The Balaban J connectivity index is 0.00000161. The molecule has 0 bridgehead atoms. The van der Waals surface area contributed by atoms with Gasteiger partial charge in [-0.1, -0.05) is 15.9 Å². The highest BCUT2D eigenvalue weighted by molar-refractivity contribution is 9.10. The van der Waals surface area contributed by atoms with Crippen LogP contribution in [-0.2, 0) is 4.79 Å². The van der Waals surface area contributed by atoms with Crippen molar-refractivity contribution in [3.05, 3.63) is 28.7 Å². The van der Waals surface area contributed by atoms with E-state index in [1.54, 1.807) is 11.8 Å². The van der Waals surface area contributed by atoms with Crippen LogP contribution in [0.3, 0.4) is 0 Å². The predicted octanol–water partition coefficient (Wildman–Crippen LogP) is 3.03. The lowest BCUT2D eigenvalue weighted by atomic mass is 10.0. The first-order chi connectivity index (χ1) is 9.72. The van der Waals surface area contributed by atoms with E-state index in [0.717, 1.165) is 36.4 Å². The number of hydrogen-bond donors (Lipinski definition) is 1. The molecule has 0 aromatic heterocycles. The maximum atomic E-state index is 12.2. The molecule has 6 heteroatoms. The molecule has 3 rings (SSSR count). The maximum absolute atomic E-state index is 12.2. The second-order valence-electron chi connectivity index (χ2n) is 5.53. The minimum Gasteiger partial charge on any atom is -0.342 e. The number of thioether (sulfide) groups is 1. The van der Waals surface area contributed by atoms with E-state index in [-0.39, 0.29) is 12.4 Å². The summed E-state index contributed by atoms with van der Waals surface area (Å²) in [5, 5.41) is 3.41. The molecule has 2 atom stereocenters. The van der Waals surface area contributed by atoms with E-state index < -0.39 is 0 Å². The number of rotatable bonds is 4. The zero-order valence-corrected chi connectivity index (χ0v) is 15.0. The molecule has 0 unspecified atom stereocenters. The quantitative estimate of drug-likeness (QED) is 0.801. The Labute approximate surface area is 144 Å². The van der Waals surface area contributed by atoms with Gasteiger partial charge < -0.3 is 10.2 Å². The molecule has 2 heterocycles. The maximum Gasteiger partial charge on any atom is 0.223 e. The summed E-state index contributed by atoms with van der Waals surface area (Å²) in [5.41, 5.74) is 0. The van der Waals surface area contributed by atoms with Crippen molar-refractivity contribution < 1.29 is 4.79 Å². The number of hydrogen-bond acceptors (Lipinski definition) is 3. The summed E-state index contributed by atoms with van der Waals surface area (Å²) in [6.45, 7) is 4.09. The number of halogens is 2. The van der Waals surface area contributed by atoms with Crippen molar-refractivity contribution >= 4 is 46.0 Å². The van der Waals surface area contributed by atoms with Gasteiger partial charge in [0.2, 0.25) is 5.91 Å². The molecule has 116 valence electrons. The van der Waals surface area contributed by atoms with Gasteiger partial charge in [0.05, 0.1) is 0 Å². The van der Waals surface area contributed by atoms with Crippen LogP contribution in [0.1, 0.15) is 6.42 Å². The fraction of sp³-hybridized carbons (Fsp3) is 0.533. The summed E-state index contributed by atoms with van der Waals surface area (Å²) in [4.78, 5) is 15.5. The van der Waals surface area contributed by atoms with Crippen molar-refractivity contribution in [3.63, 3.8) is 0 Å². The smallest absolute Gasteiger partial charge is 0.223 e. The van der Waals surface area contributed by atoms with Gasteiger partial charge in [-0.2, -0.15) is 0 Å². The fourth-order valence-corrected chi connectivity index (χ4v) is 4.11. The van der Waals surface area contributed by atoms with Crippen LogP contribution in [0.4, 0.5) is 0 Å². The minimum atomic E-state index is 0. The van der Waals surface area contributed by atoms with E-state index >= 15 is 0 Å². The largest absolute Gasteiger partial charge is 0.342 e. The van der Waals surface area contributed by atoms with Gasteiger partial charge >= 0.3 is 0 Å². The van der Waals surface area contributed by atoms with Crippen LogP contribution in [0.15, 0.2) is 33.6 Å². The van der Waals surface area contributed by atoms with Crippen molar-refractivity contribution in [1.29, 1.82) is 0 Å². The van der Waals surface area contributed by atoms with E-state index in [1.807, 2.05) is 12.1 Å². The summed E-state index contributed by atoms with van der Waals surface area (Å²) in [5.74, 6) is 2.57. The third-order valence-corrected chi connectivity index (χ3v) is 5.68. The standard InChI is InChI=1S/C15H19BrN2OS.ClH/c16-13-1-3-14(4-2-13)20-6-5-15(19)18-9-11-7-17-8-12(11)10-18;/h1-4,11-12,17H,5-10H2;1H/t11-,12+;. The first-order valence-corrected chi connectivity index (χ1v) is 8.87. The second-order valence-corrected chi connectivity index (χ2v) is 7.61. The van der Waals surface area contributed by atoms with Gasteiger partial charge in [0.15, 0.2) is 0 Å². The lowest BCUT2D eigenvalue weighted by molar-refractivity contribution is -0.129. The van der Waals surface area contributed by atoms with Crippen molar-refractivity contribution in [2.75, 3.05) is 31.9 Å². The van der Waals surface area contributed by atoms with Crippen molar-refractivity contribution in [3.8, 4) is 0 Å². The highest BCUT2D eigenvalue weighted by Crippen LogP contribution is 2.27. The summed E-state index contributed by atoms with van der Waals surface area (Å²) < 4.78 is 1.09. The fourth-order valence-electron chi connectivity index (χ4n) is 3.00. The van der Waals surface area contributed by atoms with E-state index in [2.05, 4.69) is 38.3 Å². The lowest BCUT2D eigenvalue weighted by Crippen LogP contribution is -2.32. The van der Waals surface area contributed by atoms with Crippen molar-refractivity contribution in [2.24, 2.45) is 11.8 Å². The van der Waals surface area contributed by atoms with Crippen LogP contribution < -0.4 is 5.32 Å². The highest BCUT2D eigenvalue weighted by atomic mass is 79.9. The average Bonchev–Trinajstić information content (AvgIpc) is 3.02. The van der Waals surface area contributed by atoms with Crippen LogP contribution in [-0.4, -0.2) is 42.7 Å². The van der Waals surface area contributed by atoms with Crippen molar-refractivity contribution in [1.82, 2.24) is 10.2 Å². The van der Waals surface area contributed by atoms with Crippen LogP contribution in [0.25, 0.3) is 0 Å². The molecular weight excluding hydrogens is 372 g/mol. The Hall–Kier alpha value is -0.230. The van der Waals surface area contributed by atoms with Gasteiger partial charge in [0.25, 0.3) is 0 Å². The Morgan fingerprint density at radius 3 is 2.48 bits per heavy atom. The zero-order chi connectivity index (χ0) is 13.9. The minimum absolute atomic E-state index is 0. The van der Waals surface area contributed by atoms with Crippen LogP contribution in [0.2, 0.25) is 0 Å². The topological polar surface area (TPSA) is 32.3 Å². The lowest BCUT2D eigenvalue weighted by Gasteiger charge is -2.17. The van der Waals surface area contributed by atoms with Crippen LogP contribution in [0, 0.1) is 11.8 Å². The van der Waals surface area contributed by atoms with Gasteiger partial charge in [-0.25, -0.2) is 0 Å². The number of fused-ring (bicyclic) bond motifs is 1. The monoisotopic (exact) mass is 390 g/mol. The molecule has 0 spiro atoms. The van der Waals surface area contributed by atoms with Gasteiger partial charge in [0, 0.05) is 47.7 Å². The number of likely N-dealkylation sites (tertiary alicyclic amines) is 1. The normalized spacial score (nSPS) is 23.8. The molecule has 21 heavy (non-hydrogen) atoms. The summed E-state index contributed by atoms with van der Waals surface area (Å²) in [6.07, 6.45) is 0.646. The van der Waals surface area contributed by atoms with E-state index in [1.165, 1.54) is 4.90 Å². The third kappa shape index (κ3) is 4.38. The molecule has 0 saturated carbocycles. The number of nitrogens with zero attached hydrogens (tertiary/aromatic N) is 1. The van der Waals surface area contributed by atoms with Crippen LogP contribution >= 0.6 is 40.1 Å². The molecule has 2 saturated heterocycles. The number of carbonyl (C=O) groups is 1. The SMILES string of the molecule is Cl.O=C(CCSc1ccc(Br)cc1)N1C[C@H]2CNC[C@H]2C1. The summed E-state index contributed by atoms with van der Waals surface area (Å²) in [6, 6.07) is 8.26. The summed E-state index contributed by atoms with van der Waals surface area (Å²) in [7, 11) is 0. The number of amides is 1. The molecular formula is C15H20BrClN2OS. The first-order valence-electron chi connectivity index (χ1n) is 7.09. The van der Waals surface area contributed by atoms with Gasteiger partial charge in [-0.3, -0.25) is 4.79 Å². The van der Waals surface area contributed by atoms with E-state index in [4.69, 9.17) is 0 Å².